The lowest BCUT2D eigenvalue weighted by Crippen LogP contribution is -3.00. The van der Waals surface area contributed by atoms with E-state index in [0.717, 1.165) is 18.6 Å². The van der Waals surface area contributed by atoms with Crippen LogP contribution in [-0.4, -0.2) is 12.4 Å². The van der Waals surface area contributed by atoms with Crippen LogP contribution in [0.1, 0.15) is 12.8 Å². The summed E-state index contributed by atoms with van der Waals surface area (Å²) in [6, 6.07) is 0. The molecule has 0 spiro atoms. The molecule has 0 atom stereocenters. The van der Waals surface area contributed by atoms with E-state index in [1.54, 1.807) is 0 Å². The molecule has 0 N–H and O–H groups in total. The lowest BCUT2D eigenvalue weighted by Gasteiger charge is -1.79. The number of nitrogens with zero attached hydrogens (tertiary/aromatic N) is 1. The summed E-state index contributed by atoms with van der Waals surface area (Å²) in [7, 11) is 0. The molecule has 0 fully saturated rings. The van der Waals surface area contributed by atoms with Gasteiger partial charge >= 0.3 is 0 Å². The van der Waals surface area contributed by atoms with E-state index in [-0.39, 0.29) is 12.4 Å². The standard InChI is InChI=1S/C8H12N.ClH/c1-4-6-8(9-3)7-5-2;/h4-5H,1-3,6-7H2;1H/q+1;/p-1. The maximum atomic E-state index is 3.79. The molecular formula is C8H12ClN. The van der Waals surface area contributed by atoms with Crippen LogP contribution in [0.3, 0.4) is 0 Å². The average molecular weight is 158 g/mol. The van der Waals surface area contributed by atoms with Gasteiger partial charge in [-0.1, -0.05) is 12.2 Å². The first kappa shape index (κ1) is 12.0. The van der Waals surface area contributed by atoms with Crippen molar-refractivity contribution in [1.29, 1.82) is 0 Å². The van der Waals surface area contributed by atoms with E-state index in [1.165, 1.54) is 0 Å². The van der Waals surface area contributed by atoms with Gasteiger partial charge < -0.3 is 12.4 Å². The monoisotopic (exact) mass is 157 g/mol. The van der Waals surface area contributed by atoms with Gasteiger partial charge in [0.2, 0.25) is 0 Å². The normalized spacial score (nSPS) is 6.80. The highest BCUT2D eigenvalue weighted by Crippen LogP contribution is 1.88. The Morgan fingerprint density at radius 3 is 1.80 bits per heavy atom. The van der Waals surface area contributed by atoms with Gasteiger partial charge in [0.05, 0.1) is 12.8 Å². The molecule has 2 heteroatoms. The van der Waals surface area contributed by atoms with Crippen LogP contribution in [0.15, 0.2) is 25.3 Å². The average Bonchev–Trinajstić information content (AvgIpc) is 1.88. The summed E-state index contributed by atoms with van der Waals surface area (Å²) < 4.78 is 3.79. The van der Waals surface area contributed by atoms with Crippen LogP contribution in [0.25, 0.3) is 0 Å². The summed E-state index contributed by atoms with van der Waals surface area (Å²) in [5.41, 5.74) is 1.03. The van der Waals surface area contributed by atoms with Crippen molar-refractivity contribution in [1.82, 2.24) is 4.67 Å². The van der Waals surface area contributed by atoms with Crippen LogP contribution in [0.5, 0.6) is 0 Å². The van der Waals surface area contributed by atoms with Gasteiger partial charge in [0.25, 0.3) is 12.4 Å². The zero-order valence-electron chi connectivity index (χ0n) is 6.02. The number of rotatable bonds is 4. The fourth-order valence-corrected chi connectivity index (χ4v) is 0.546. The minimum absolute atomic E-state index is 0. The third-order valence-electron chi connectivity index (χ3n) is 0.984. The summed E-state index contributed by atoms with van der Waals surface area (Å²) >= 11 is 0. The number of hydrogen-bond acceptors (Lipinski definition) is 0. The van der Waals surface area contributed by atoms with Crippen molar-refractivity contribution < 1.29 is 12.4 Å². The number of halogens is 1. The first-order valence-corrected chi connectivity index (χ1v) is 2.88. The summed E-state index contributed by atoms with van der Waals surface area (Å²) in [6.07, 6.45) is 5.26. The highest BCUT2D eigenvalue weighted by Gasteiger charge is 2.00. The minimum Gasteiger partial charge on any atom is -1.00 e. The first-order chi connectivity index (χ1) is 4.35. The Bertz CT molecular complexity index is 143. The molecule has 0 rings (SSSR count). The molecular weight excluding hydrogens is 146 g/mol. The summed E-state index contributed by atoms with van der Waals surface area (Å²) in [5.74, 6) is 0. The molecule has 0 amide bonds. The van der Waals surface area contributed by atoms with Crippen molar-refractivity contribution in [3.8, 4) is 0 Å². The molecule has 0 aromatic heterocycles. The summed E-state index contributed by atoms with van der Waals surface area (Å²) in [4.78, 5) is 0. The summed E-state index contributed by atoms with van der Waals surface area (Å²) in [5, 5.41) is 0. The number of allylic oxidation sites excluding steroid dienone is 2. The zero-order chi connectivity index (χ0) is 7.11. The molecule has 10 heavy (non-hydrogen) atoms. The van der Waals surface area contributed by atoms with Gasteiger partial charge in [0.15, 0.2) is 0 Å². The van der Waals surface area contributed by atoms with E-state index < -0.39 is 0 Å². The van der Waals surface area contributed by atoms with Gasteiger partial charge in [0, 0.05) is 0 Å². The van der Waals surface area contributed by atoms with E-state index in [2.05, 4.69) is 24.5 Å². The van der Waals surface area contributed by atoms with Crippen molar-refractivity contribution in [3.05, 3.63) is 25.3 Å². The van der Waals surface area contributed by atoms with E-state index in [9.17, 15) is 0 Å². The molecule has 0 saturated carbocycles. The Labute approximate surface area is 68.3 Å². The van der Waals surface area contributed by atoms with E-state index in [0.29, 0.717) is 0 Å². The van der Waals surface area contributed by atoms with Crippen LogP contribution in [0.2, 0.25) is 0 Å². The largest absolute Gasteiger partial charge is 1.00 e. The van der Waals surface area contributed by atoms with E-state index >= 15 is 0 Å². The fourth-order valence-electron chi connectivity index (χ4n) is 0.546. The molecule has 0 aliphatic heterocycles. The molecule has 56 valence electrons. The number of hydrogen-bond donors (Lipinski definition) is 0. The lowest BCUT2D eigenvalue weighted by atomic mass is 10.2. The maximum absolute atomic E-state index is 3.79. The van der Waals surface area contributed by atoms with E-state index in [1.807, 2.05) is 12.2 Å². The van der Waals surface area contributed by atoms with Crippen molar-refractivity contribution in [3.63, 3.8) is 0 Å². The second kappa shape index (κ2) is 8.22. The molecule has 0 unspecified atom stereocenters. The topological polar surface area (TPSA) is 14.1 Å². The Morgan fingerprint density at radius 2 is 1.60 bits per heavy atom. The van der Waals surface area contributed by atoms with Crippen LogP contribution in [0, 0.1) is 0 Å². The fraction of sp³-hybridized carbons (Fsp3) is 0.250. The van der Waals surface area contributed by atoms with Crippen LogP contribution in [0.4, 0.5) is 0 Å². The van der Waals surface area contributed by atoms with Crippen molar-refractivity contribution in [2.24, 2.45) is 0 Å². The molecule has 0 aromatic rings. The SMILES string of the molecule is C=CCC(CC=C)=[N+]=C.[Cl-]. The molecule has 1 nitrogen and oxygen atoms in total. The zero-order valence-corrected chi connectivity index (χ0v) is 6.77. The third-order valence-corrected chi connectivity index (χ3v) is 0.984. The lowest BCUT2D eigenvalue weighted by molar-refractivity contribution is -0.00000203. The molecule has 0 aliphatic rings. The van der Waals surface area contributed by atoms with Crippen molar-refractivity contribution >= 4 is 12.4 Å². The quantitative estimate of drug-likeness (QED) is 0.264. The predicted molar refractivity (Wildman–Crippen MR) is 43.9 cm³/mol. The van der Waals surface area contributed by atoms with Gasteiger partial charge in [-0.3, -0.25) is 0 Å². The molecule has 0 radical (unpaired) electrons. The first-order valence-electron chi connectivity index (χ1n) is 2.88. The Balaban J connectivity index is 0. The van der Waals surface area contributed by atoms with Crippen LogP contribution < -0.4 is 17.1 Å². The van der Waals surface area contributed by atoms with Gasteiger partial charge in [-0.25, -0.2) is 0 Å². The van der Waals surface area contributed by atoms with Crippen molar-refractivity contribution in [2.45, 2.75) is 12.8 Å². The smallest absolute Gasteiger partial charge is 0.287 e. The minimum atomic E-state index is 0. The highest BCUT2D eigenvalue weighted by molar-refractivity contribution is 5.86. The van der Waals surface area contributed by atoms with Crippen molar-refractivity contribution in [2.75, 3.05) is 0 Å². The maximum Gasteiger partial charge on any atom is 0.287 e. The molecule has 0 aromatic carbocycles. The van der Waals surface area contributed by atoms with Gasteiger partial charge in [0.1, 0.15) is 0 Å². The van der Waals surface area contributed by atoms with Gasteiger partial charge in [-0.05, 0) is 0 Å². The molecule has 0 bridgehead atoms. The second-order valence-corrected chi connectivity index (χ2v) is 1.71. The van der Waals surface area contributed by atoms with Crippen LogP contribution in [-0.2, 0) is 0 Å². The highest BCUT2D eigenvalue weighted by atomic mass is 35.5. The summed E-state index contributed by atoms with van der Waals surface area (Å²) in [6.45, 7) is 10.6. The Kier molecular flexibility index (Phi) is 9.82. The Morgan fingerprint density at radius 1 is 1.20 bits per heavy atom. The van der Waals surface area contributed by atoms with Gasteiger partial charge in [-0.2, -0.15) is 0 Å². The second-order valence-electron chi connectivity index (χ2n) is 1.71. The predicted octanol–water partition coefficient (Wildman–Crippen LogP) is -1.65. The van der Waals surface area contributed by atoms with E-state index in [4.69, 9.17) is 0 Å². The van der Waals surface area contributed by atoms with Crippen LogP contribution >= 0.6 is 0 Å². The molecule has 0 aliphatic carbocycles. The Hall–Kier alpha value is -0.780. The van der Waals surface area contributed by atoms with Gasteiger partial charge in [-0.15, -0.1) is 17.8 Å². The molecule has 0 heterocycles. The third kappa shape index (κ3) is 5.36. The molecule has 0 saturated heterocycles.